The van der Waals surface area contributed by atoms with Crippen molar-refractivity contribution in [1.29, 1.82) is 0 Å². The fourth-order valence-electron chi connectivity index (χ4n) is 1.93. The quantitative estimate of drug-likeness (QED) is 0.155. The van der Waals surface area contributed by atoms with Crippen LogP contribution in [0.4, 0.5) is 0 Å². The third-order valence-corrected chi connectivity index (χ3v) is 3.42. The molecule has 0 saturated heterocycles. The number of hydrogen-bond acceptors (Lipinski definition) is 9. The van der Waals surface area contributed by atoms with Crippen molar-refractivity contribution in [3.05, 3.63) is 29.8 Å². The molecule has 0 saturated carbocycles. The maximum atomic E-state index is 12.1. The second kappa shape index (κ2) is 7.99. The summed E-state index contributed by atoms with van der Waals surface area (Å²) >= 11 is 0. The average Bonchev–Trinajstić information content (AvgIpc) is 2.59. The zero-order valence-electron chi connectivity index (χ0n) is 12.4. The summed E-state index contributed by atoms with van der Waals surface area (Å²) in [5.41, 5.74) is -2.81. The number of rotatable bonds is 8. The Morgan fingerprint density at radius 2 is 1.79 bits per heavy atom. The molecule has 7 N–H and O–H groups in total. The van der Waals surface area contributed by atoms with Crippen LogP contribution in [0, 0.1) is 0 Å². The van der Waals surface area contributed by atoms with Crippen molar-refractivity contribution < 1.29 is 45.3 Å². The van der Waals surface area contributed by atoms with Gasteiger partial charge < -0.3 is 40.5 Å². The van der Waals surface area contributed by atoms with Crippen molar-refractivity contribution in [2.24, 2.45) is 0 Å². The Hall–Kier alpha value is -2.30. The number of aldehydes is 1. The highest BCUT2D eigenvalue weighted by Gasteiger charge is 2.50. The van der Waals surface area contributed by atoms with Crippen LogP contribution in [0.5, 0.6) is 11.5 Å². The van der Waals surface area contributed by atoms with Crippen LogP contribution in [0.25, 0.3) is 6.08 Å². The molecule has 1 aromatic carbocycles. The number of phenolic OH excluding ortho intramolecular Hbond substituents is 2. The first-order valence-corrected chi connectivity index (χ1v) is 6.75. The summed E-state index contributed by atoms with van der Waals surface area (Å²) in [5.74, 6) is -2.16. The van der Waals surface area contributed by atoms with E-state index < -0.39 is 47.8 Å². The van der Waals surface area contributed by atoms with Gasteiger partial charge in [-0.25, -0.2) is 0 Å². The van der Waals surface area contributed by atoms with Crippen LogP contribution in [0.15, 0.2) is 24.3 Å². The molecule has 1 aromatic rings. The number of hydrogen-bond donors (Lipinski definition) is 7. The van der Waals surface area contributed by atoms with Gasteiger partial charge in [0.1, 0.15) is 18.3 Å². The molecule has 1 rings (SSSR count). The van der Waals surface area contributed by atoms with E-state index in [1.165, 1.54) is 6.07 Å². The number of phenols is 2. The molecule has 0 aliphatic rings. The number of aliphatic hydroxyl groups is 5. The van der Waals surface area contributed by atoms with Gasteiger partial charge in [0.2, 0.25) is 0 Å². The van der Waals surface area contributed by atoms with E-state index in [9.17, 15) is 40.2 Å². The summed E-state index contributed by atoms with van der Waals surface area (Å²) in [6.07, 6.45) is -5.09. The highest BCUT2D eigenvalue weighted by atomic mass is 16.4. The molecule has 0 bridgehead atoms. The van der Waals surface area contributed by atoms with Crippen LogP contribution in [0.2, 0.25) is 0 Å². The van der Waals surface area contributed by atoms with E-state index in [0.717, 1.165) is 18.2 Å². The molecule has 0 aromatic heterocycles. The highest BCUT2D eigenvalue weighted by Crippen LogP contribution is 2.26. The Balaban J connectivity index is 3.14. The van der Waals surface area contributed by atoms with E-state index in [2.05, 4.69) is 0 Å². The van der Waals surface area contributed by atoms with Crippen molar-refractivity contribution in [2.75, 3.05) is 6.61 Å². The van der Waals surface area contributed by atoms with E-state index in [1.807, 2.05) is 0 Å². The molecule has 0 amide bonds. The van der Waals surface area contributed by atoms with Gasteiger partial charge >= 0.3 is 0 Å². The van der Waals surface area contributed by atoms with Gasteiger partial charge in [0, 0.05) is 0 Å². The molecule has 0 unspecified atom stereocenters. The molecule has 0 aliphatic carbocycles. The third-order valence-electron chi connectivity index (χ3n) is 3.42. The summed E-state index contributed by atoms with van der Waals surface area (Å²) in [6, 6.07) is 3.55. The van der Waals surface area contributed by atoms with Crippen LogP contribution >= 0.6 is 0 Å². The monoisotopic (exact) mass is 342 g/mol. The molecule has 4 atom stereocenters. The average molecular weight is 342 g/mol. The molecular weight excluding hydrogens is 324 g/mol. The van der Waals surface area contributed by atoms with Gasteiger partial charge in [-0.1, -0.05) is 12.1 Å². The minimum atomic E-state index is -3.04. The molecule has 0 fully saturated rings. The van der Waals surface area contributed by atoms with E-state index in [1.54, 1.807) is 0 Å². The Morgan fingerprint density at radius 1 is 1.17 bits per heavy atom. The molecular formula is C15H18O9. The number of aliphatic hydroxyl groups excluding tert-OH is 4. The Bertz CT molecular complexity index is 627. The van der Waals surface area contributed by atoms with Gasteiger partial charge in [-0.3, -0.25) is 4.79 Å². The van der Waals surface area contributed by atoms with E-state index in [4.69, 9.17) is 5.11 Å². The van der Waals surface area contributed by atoms with Crippen LogP contribution in [-0.4, -0.2) is 78.3 Å². The first-order chi connectivity index (χ1) is 11.2. The van der Waals surface area contributed by atoms with Crippen molar-refractivity contribution in [3.8, 4) is 11.5 Å². The number of aromatic hydroxyl groups is 2. The molecule has 0 spiro atoms. The molecule has 0 radical (unpaired) electrons. The largest absolute Gasteiger partial charge is 0.504 e. The van der Waals surface area contributed by atoms with Crippen LogP contribution in [0.1, 0.15) is 5.56 Å². The lowest BCUT2D eigenvalue weighted by molar-refractivity contribution is -0.187. The summed E-state index contributed by atoms with van der Waals surface area (Å²) < 4.78 is 0. The maximum absolute atomic E-state index is 12.1. The Morgan fingerprint density at radius 3 is 2.29 bits per heavy atom. The van der Waals surface area contributed by atoms with Crippen LogP contribution in [-0.2, 0) is 9.59 Å². The minimum Gasteiger partial charge on any atom is -0.504 e. The molecule has 9 nitrogen and oxygen atoms in total. The summed E-state index contributed by atoms with van der Waals surface area (Å²) in [5, 5.41) is 66.4. The van der Waals surface area contributed by atoms with Gasteiger partial charge in [-0.2, -0.15) is 0 Å². The molecule has 132 valence electrons. The summed E-state index contributed by atoms with van der Waals surface area (Å²) in [4.78, 5) is 22.7. The van der Waals surface area contributed by atoms with Gasteiger partial charge in [-0.15, -0.1) is 0 Å². The second-order valence-corrected chi connectivity index (χ2v) is 5.04. The lowest BCUT2D eigenvalue weighted by Gasteiger charge is -2.34. The molecule has 24 heavy (non-hydrogen) atoms. The summed E-state index contributed by atoms with van der Waals surface area (Å²) in [6.45, 7) is -1.13. The molecule has 0 aliphatic heterocycles. The standard InChI is InChI=1S/C15H18O9/c16-6-11(20)14(23)15(24,13(22)7-17)12(21)4-2-8-1-3-9(18)10(19)5-8/h1-6,11,13-14,17-20,22-24H,7H2/b4-2+/t11-,13+,14+,15+/m0/s1. The van der Waals surface area contributed by atoms with Crippen LogP contribution < -0.4 is 0 Å². The lowest BCUT2D eigenvalue weighted by Crippen LogP contribution is -2.62. The fourth-order valence-corrected chi connectivity index (χ4v) is 1.93. The number of carbonyl (C=O) groups excluding carboxylic acids is 2. The molecule has 0 heterocycles. The van der Waals surface area contributed by atoms with Crippen molar-refractivity contribution in [2.45, 2.75) is 23.9 Å². The fraction of sp³-hybridized carbons (Fsp3) is 0.333. The Kier molecular flexibility index (Phi) is 6.58. The number of benzene rings is 1. The normalized spacial score (nSPS) is 17.9. The summed E-state index contributed by atoms with van der Waals surface area (Å²) in [7, 11) is 0. The van der Waals surface area contributed by atoms with Crippen LogP contribution in [0.3, 0.4) is 0 Å². The van der Waals surface area contributed by atoms with E-state index in [0.29, 0.717) is 6.08 Å². The van der Waals surface area contributed by atoms with Gasteiger partial charge in [-0.05, 0) is 23.8 Å². The first kappa shape index (κ1) is 19.7. The SMILES string of the molecule is O=C[C@H](O)[C@@H](O)[C@@](O)(C(=O)/C=C/c1ccc(O)c(O)c1)[C@H](O)CO. The van der Waals surface area contributed by atoms with Crippen molar-refractivity contribution in [3.63, 3.8) is 0 Å². The highest BCUT2D eigenvalue weighted by molar-refractivity contribution is 6.01. The predicted octanol–water partition coefficient (Wildman–Crippen LogP) is -2.31. The third kappa shape index (κ3) is 3.96. The van der Waals surface area contributed by atoms with Crippen molar-refractivity contribution in [1.82, 2.24) is 0 Å². The smallest absolute Gasteiger partial charge is 0.192 e. The molecule has 9 heteroatoms. The topological polar surface area (TPSA) is 176 Å². The van der Waals surface area contributed by atoms with Gasteiger partial charge in [0.05, 0.1) is 6.61 Å². The lowest BCUT2D eigenvalue weighted by atomic mass is 9.83. The van der Waals surface area contributed by atoms with Gasteiger partial charge in [0.25, 0.3) is 0 Å². The number of ketones is 1. The first-order valence-electron chi connectivity index (χ1n) is 6.75. The number of carbonyl (C=O) groups is 2. The second-order valence-electron chi connectivity index (χ2n) is 5.04. The zero-order chi connectivity index (χ0) is 18.5. The van der Waals surface area contributed by atoms with Gasteiger partial charge in [0.15, 0.2) is 29.2 Å². The Labute approximate surface area is 136 Å². The predicted molar refractivity (Wildman–Crippen MR) is 79.9 cm³/mol. The zero-order valence-corrected chi connectivity index (χ0v) is 12.4. The van der Waals surface area contributed by atoms with Crippen molar-refractivity contribution >= 4 is 18.1 Å². The van der Waals surface area contributed by atoms with E-state index >= 15 is 0 Å². The van der Waals surface area contributed by atoms with E-state index in [-0.39, 0.29) is 11.8 Å². The maximum Gasteiger partial charge on any atom is 0.192 e. The minimum absolute atomic E-state index is 0.144.